The van der Waals surface area contributed by atoms with Crippen molar-refractivity contribution < 1.29 is 14.3 Å². The Morgan fingerprint density at radius 2 is 1.69 bits per heavy atom. The Hall–Kier alpha value is -3.34. The first kappa shape index (κ1) is 17.5. The van der Waals surface area contributed by atoms with E-state index in [1.807, 2.05) is 60.7 Å². The molecule has 0 heterocycles. The first-order valence-corrected chi connectivity index (χ1v) is 8.22. The molecular formula is C21H20N2O3. The molecule has 3 aromatic rings. The van der Waals surface area contributed by atoms with Crippen LogP contribution < -0.4 is 14.9 Å². The van der Waals surface area contributed by atoms with Crippen LogP contribution in [0.4, 0.5) is 0 Å². The molecule has 5 nitrogen and oxygen atoms in total. The number of carbonyl (C=O) groups excluding carboxylic acids is 1. The van der Waals surface area contributed by atoms with Gasteiger partial charge in [0.15, 0.2) is 0 Å². The van der Waals surface area contributed by atoms with Crippen LogP contribution in [0.15, 0.2) is 65.8 Å². The Balaban J connectivity index is 1.68. The number of hydrogen-bond donors (Lipinski definition) is 1. The number of hydrazone groups is 1. The number of rotatable bonds is 6. The van der Waals surface area contributed by atoms with Crippen LogP contribution in [0.3, 0.4) is 0 Å². The van der Waals surface area contributed by atoms with E-state index in [2.05, 4.69) is 10.5 Å². The molecule has 0 aromatic heterocycles. The molecule has 0 aliphatic heterocycles. The number of fused-ring (bicyclic) bond motifs is 1. The maximum Gasteiger partial charge on any atom is 0.244 e. The zero-order chi connectivity index (χ0) is 18.4. The van der Waals surface area contributed by atoms with E-state index in [9.17, 15) is 4.79 Å². The third-order valence-corrected chi connectivity index (χ3v) is 4.05. The molecule has 0 atom stereocenters. The van der Waals surface area contributed by atoms with Crippen molar-refractivity contribution in [2.45, 2.75) is 6.42 Å². The molecule has 26 heavy (non-hydrogen) atoms. The summed E-state index contributed by atoms with van der Waals surface area (Å²) in [6.07, 6.45) is 1.90. The van der Waals surface area contributed by atoms with Gasteiger partial charge in [0.25, 0.3) is 0 Å². The summed E-state index contributed by atoms with van der Waals surface area (Å²) in [5.41, 5.74) is 4.37. The second-order valence-electron chi connectivity index (χ2n) is 5.72. The van der Waals surface area contributed by atoms with Crippen molar-refractivity contribution in [3.8, 4) is 11.5 Å². The van der Waals surface area contributed by atoms with E-state index in [1.165, 1.54) is 0 Å². The van der Waals surface area contributed by atoms with Gasteiger partial charge in [0.1, 0.15) is 11.5 Å². The third kappa shape index (κ3) is 4.00. The van der Waals surface area contributed by atoms with Crippen LogP contribution >= 0.6 is 0 Å². The maximum atomic E-state index is 12.0. The van der Waals surface area contributed by atoms with Gasteiger partial charge in [-0.2, -0.15) is 5.10 Å². The molecule has 132 valence electrons. The number of nitrogens with one attached hydrogen (secondary N) is 1. The Morgan fingerprint density at radius 3 is 2.38 bits per heavy atom. The van der Waals surface area contributed by atoms with Crippen LogP contribution in [0.1, 0.15) is 11.1 Å². The highest BCUT2D eigenvalue weighted by atomic mass is 16.5. The molecule has 0 radical (unpaired) electrons. The van der Waals surface area contributed by atoms with Crippen LogP contribution in [0.25, 0.3) is 10.8 Å². The van der Waals surface area contributed by atoms with Gasteiger partial charge in [-0.15, -0.1) is 0 Å². The number of amides is 1. The molecule has 0 unspecified atom stereocenters. The van der Waals surface area contributed by atoms with Crippen LogP contribution in [-0.4, -0.2) is 26.3 Å². The number of ether oxygens (including phenoxy) is 2. The summed E-state index contributed by atoms with van der Waals surface area (Å²) in [6.45, 7) is 0. The van der Waals surface area contributed by atoms with E-state index in [0.29, 0.717) is 0 Å². The van der Waals surface area contributed by atoms with Crippen molar-refractivity contribution in [3.05, 3.63) is 71.8 Å². The highest BCUT2D eigenvalue weighted by Crippen LogP contribution is 2.27. The number of nitrogens with zero attached hydrogens (tertiary/aromatic N) is 1. The van der Waals surface area contributed by atoms with Crippen LogP contribution in [-0.2, 0) is 11.2 Å². The molecule has 0 spiro atoms. The zero-order valence-electron chi connectivity index (χ0n) is 14.7. The molecule has 3 rings (SSSR count). The fourth-order valence-corrected chi connectivity index (χ4v) is 2.73. The number of carbonyl (C=O) groups is 1. The predicted molar refractivity (Wildman–Crippen MR) is 103 cm³/mol. The number of methoxy groups -OCH3 is 2. The highest BCUT2D eigenvalue weighted by molar-refractivity contribution is 6.02. The van der Waals surface area contributed by atoms with Gasteiger partial charge >= 0.3 is 0 Å². The molecule has 0 aliphatic carbocycles. The van der Waals surface area contributed by atoms with Crippen LogP contribution in [0.5, 0.6) is 11.5 Å². The van der Waals surface area contributed by atoms with Crippen molar-refractivity contribution in [2.24, 2.45) is 5.10 Å². The molecule has 5 heteroatoms. The third-order valence-electron chi connectivity index (χ3n) is 4.05. The molecule has 3 aromatic carbocycles. The summed E-state index contributed by atoms with van der Waals surface area (Å²) in [5, 5.41) is 6.10. The second-order valence-corrected chi connectivity index (χ2v) is 5.72. The molecular weight excluding hydrogens is 328 g/mol. The van der Waals surface area contributed by atoms with Crippen LogP contribution in [0.2, 0.25) is 0 Å². The van der Waals surface area contributed by atoms with E-state index in [-0.39, 0.29) is 12.3 Å². The van der Waals surface area contributed by atoms with Crippen molar-refractivity contribution in [2.75, 3.05) is 14.2 Å². The van der Waals surface area contributed by atoms with Gasteiger partial charge in [-0.25, -0.2) is 5.43 Å². The maximum absolute atomic E-state index is 12.0. The Morgan fingerprint density at radius 1 is 0.962 bits per heavy atom. The van der Waals surface area contributed by atoms with Gasteiger partial charge in [-0.1, -0.05) is 36.4 Å². The molecule has 0 aliphatic rings. The van der Waals surface area contributed by atoms with Gasteiger partial charge in [0.2, 0.25) is 5.91 Å². The van der Waals surface area contributed by atoms with E-state index >= 15 is 0 Å². The highest BCUT2D eigenvalue weighted by Gasteiger charge is 2.05. The van der Waals surface area contributed by atoms with Crippen molar-refractivity contribution in [3.63, 3.8) is 0 Å². The molecule has 0 fully saturated rings. The summed E-state index contributed by atoms with van der Waals surface area (Å²) in [7, 11) is 3.26. The monoisotopic (exact) mass is 348 g/mol. The normalized spacial score (nSPS) is 10.8. The average Bonchev–Trinajstić information content (AvgIpc) is 2.68. The fraction of sp³-hybridized carbons (Fsp3) is 0.143. The lowest BCUT2D eigenvalue weighted by Gasteiger charge is -2.07. The molecule has 1 N–H and O–H groups in total. The molecule has 0 saturated heterocycles. The van der Waals surface area contributed by atoms with Crippen molar-refractivity contribution in [1.82, 2.24) is 5.43 Å². The quantitative estimate of drug-likeness (QED) is 0.547. The smallest absolute Gasteiger partial charge is 0.244 e. The Bertz CT molecular complexity index is 934. The molecule has 0 bridgehead atoms. The second kappa shape index (κ2) is 8.16. The minimum Gasteiger partial charge on any atom is -0.497 e. The summed E-state index contributed by atoms with van der Waals surface area (Å²) in [5.74, 6) is 1.39. The van der Waals surface area contributed by atoms with Crippen molar-refractivity contribution in [1.29, 1.82) is 0 Å². The van der Waals surface area contributed by atoms with E-state index < -0.39 is 0 Å². The minimum atomic E-state index is -0.177. The lowest BCUT2D eigenvalue weighted by molar-refractivity contribution is -0.120. The topological polar surface area (TPSA) is 59.9 Å². The van der Waals surface area contributed by atoms with E-state index in [0.717, 1.165) is 33.4 Å². The van der Waals surface area contributed by atoms with Gasteiger partial charge in [0.05, 0.1) is 26.9 Å². The van der Waals surface area contributed by atoms with Gasteiger partial charge in [-0.3, -0.25) is 4.79 Å². The summed E-state index contributed by atoms with van der Waals surface area (Å²) in [6, 6.07) is 19.1. The zero-order valence-corrected chi connectivity index (χ0v) is 14.7. The average molecular weight is 348 g/mol. The van der Waals surface area contributed by atoms with Gasteiger partial charge in [0, 0.05) is 10.9 Å². The first-order valence-electron chi connectivity index (χ1n) is 8.22. The summed E-state index contributed by atoms with van der Waals surface area (Å²) >= 11 is 0. The fourth-order valence-electron chi connectivity index (χ4n) is 2.73. The number of hydrogen-bond acceptors (Lipinski definition) is 4. The number of benzene rings is 3. The largest absolute Gasteiger partial charge is 0.497 e. The Kier molecular flexibility index (Phi) is 5.49. The van der Waals surface area contributed by atoms with Crippen LogP contribution in [0, 0.1) is 0 Å². The SMILES string of the molecule is COc1ccc(CC(=O)N/N=C\c2ccc(OC)c3ccccc23)cc1. The predicted octanol–water partition coefficient (Wildman–Crippen LogP) is 3.55. The van der Waals surface area contributed by atoms with Gasteiger partial charge in [-0.05, 0) is 35.2 Å². The first-order chi connectivity index (χ1) is 12.7. The van der Waals surface area contributed by atoms with E-state index in [4.69, 9.17) is 9.47 Å². The summed E-state index contributed by atoms with van der Waals surface area (Å²) < 4.78 is 10.5. The summed E-state index contributed by atoms with van der Waals surface area (Å²) in [4.78, 5) is 12.0. The minimum absolute atomic E-state index is 0.177. The van der Waals surface area contributed by atoms with Gasteiger partial charge < -0.3 is 9.47 Å². The van der Waals surface area contributed by atoms with Crippen molar-refractivity contribution >= 4 is 22.9 Å². The lowest BCUT2D eigenvalue weighted by Crippen LogP contribution is -2.19. The lowest BCUT2D eigenvalue weighted by atomic mass is 10.0. The van der Waals surface area contributed by atoms with E-state index in [1.54, 1.807) is 20.4 Å². The standard InChI is InChI=1S/C21H20N2O3/c1-25-17-10-7-15(8-11-17)13-21(24)23-22-14-16-9-12-20(26-2)19-6-4-3-5-18(16)19/h3-12,14H,13H2,1-2H3,(H,23,24)/b22-14-. The molecule has 0 saturated carbocycles. The molecule has 1 amide bonds. The Labute approximate surface area is 152 Å².